The summed E-state index contributed by atoms with van der Waals surface area (Å²) in [5, 5.41) is 4.95. The zero-order valence-corrected chi connectivity index (χ0v) is 43.8. The molecule has 0 amide bonds. The Balaban J connectivity index is 1.01. The van der Waals surface area contributed by atoms with Crippen molar-refractivity contribution in [1.82, 2.24) is 4.57 Å². The van der Waals surface area contributed by atoms with Crippen molar-refractivity contribution in [2.24, 2.45) is 0 Å². The van der Waals surface area contributed by atoms with Crippen LogP contribution in [0.4, 0.5) is 17.1 Å². The first-order valence-electron chi connectivity index (χ1n) is 27.9. The van der Waals surface area contributed by atoms with Crippen molar-refractivity contribution in [3.8, 4) is 50.2 Å². The van der Waals surface area contributed by atoms with Gasteiger partial charge in [-0.1, -0.05) is 273 Å². The Kier molecular flexibility index (Phi) is 9.58. The third-order valence-corrected chi connectivity index (χ3v) is 18.1. The molecule has 80 heavy (non-hydrogen) atoms. The molecule has 13 aromatic carbocycles. The molecule has 2 aliphatic carbocycles. The molecule has 17 rings (SSSR count). The van der Waals surface area contributed by atoms with E-state index in [1.807, 2.05) is 0 Å². The number of rotatable bonds is 7. The minimum atomic E-state index is -0.641. The summed E-state index contributed by atoms with van der Waals surface area (Å²) in [6.45, 7) is 0. The fraction of sp³-hybridized carbons (Fsp3) is 0.0256. The summed E-state index contributed by atoms with van der Waals surface area (Å²) >= 11 is 0. The highest BCUT2D eigenvalue weighted by molar-refractivity contribution is 6.15. The zero-order valence-electron chi connectivity index (χ0n) is 43.8. The van der Waals surface area contributed by atoms with Crippen LogP contribution in [-0.4, -0.2) is 4.57 Å². The molecule has 0 saturated carbocycles. The van der Waals surface area contributed by atoms with Crippen LogP contribution in [0.15, 0.2) is 303 Å². The van der Waals surface area contributed by atoms with Gasteiger partial charge in [0.05, 0.1) is 44.6 Å². The fourth-order valence-corrected chi connectivity index (χ4v) is 15.0. The lowest BCUT2D eigenvalue weighted by molar-refractivity contribution is 0.748. The van der Waals surface area contributed by atoms with Gasteiger partial charge in [-0.3, -0.25) is 0 Å². The predicted molar refractivity (Wildman–Crippen MR) is 332 cm³/mol. The van der Waals surface area contributed by atoms with Gasteiger partial charge in [-0.15, -0.1) is 0 Å². The normalized spacial score (nSPS) is 14.9. The topological polar surface area (TPSA) is 8.17 Å². The van der Waals surface area contributed by atoms with Crippen LogP contribution in [0.2, 0.25) is 0 Å². The molecule has 2 heterocycles. The molecule has 1 spiro atoms. The number of hydrogen-bond acceptors (Lipinski definition) is 1. The van der Waals surface area contributed by atoms with Gasteiger partial charge in [0.15, 0.2) is 0 Å². The Morgan fingerprint density at radius 2 is 0.750 bits per heavy atom. The lowest BCUT2D eigenvalue weighted by atomic mass is 9.65. The third-order valence-electron chi connectivity index (χ3n) is 18.1. The van der Waals surface area contributed by atoms with Crippen molar-refractivity contribution in [3.05, 3.63) is 348 Å². The maximum absolute atomic E-state index is 2.65. The van der Waals surface area contributed by atoms with E-state index in [9.17, 15) is 0 Å². The lowest BCUT2D eigenvalue weighted by Gasteiger charge is -2.40. The number of nitrogens with zero attached hydrogens (tertiary/aromatic N) is 2. The average Bonchev–Trinajstić information content (AvgIpc) is 4.35. The van der Waals surface area contributed by atoms with Gasteiger partial charge >= 0.3 is 0 Å². The summed E-state index contributed by atoms with van der Waals surface area (Å²) in [5.41, 5.74) is 25.7. The maximum atomic E-state index is 2.65. The number of anilines is 3. The molecule has 2 heteroatoms. The fourth-order valence-electron chi connectivity index (χ4n) is 15.0. The van der Waals surface area contributed by atoms with Crippen molar-refractivity contribution in [2.45, 2.75) is 10.8 Å². The first-order valence-corrected chi connectivity index (χ1v) is 27.9. The smallest absolute Gasteiger partial charge is 0.0755 e. The molecule has 0 N–H and O–H groups in total. The van der Waals surface area contributed by atoms with Crippen LogP contribution in [0.5, 0.6) is 0 Å². The van der Waals surface area contributed by atoms with Crippen molar-refractivity contribution < 1.29 is 0 Å². The summed E-state index contributed by atoms with van der Waals surface area (Å²) in [4.78, 5) is 2.65. The summed E-state index contributed by atoms with van der Waals surface area (Å²) < 4.78 is 2.54. The summed E-state index contributed by atoms with van der Waals surface area (Å²) in [6, 6.07) is 114. The van der Waals surface area contributed by atoms with Crippen molar-refractivity contribution >= 4 is 49.6 Å². The lowest BCUT2D eigenvalue weighted by Crippen LogP contribution is -2.33. The molecule has 3 aliphatic rings. The molecular formula is C78H50N2. The average molecular weight is 1020 g/mol. The van der Waals surface area contributed by atoms with Crippen molar-refractivity contribution in [3.63, 3.8) is 0 Å². The molecule has 1 atom stereocenters. The summed E-state index contributed by atoms with van der Waals surface area (Å²) in [5.74, 6) is 0. The quantitative estimate of drug-likeness (QED) is 0.154. The number of hydrogen-bond donors (Lipinski definition) is 0. The van der Waals surface area contributed by atoms with E-state index in [-0.39, 0.29) is 0 Å². The van der Waals surface area contributed by atoms with E-state index in [0.717, 1.165) is 28.2 Å². The maximum Gasteiger partial charge on any atom is 0.0755 e. The number of aromatic nitrogens is 1. The van der Waals surface area contributed by atoms with Gasteiger partial charge in [0.2, 0.25) is 0 Å². The Hall–Kier alpha value is -10.3. The van der Waals surface area contributed by atoms with Gasteiger partial charge in [-0.25, -0.2) is 0 Å². The zero-order chi connectivity index (χ0) is 52.5. The SMILES string of the molecule is c1ccc(-c2ccc(-c3ccccc3N(c3cccc4c3-c3ccccc3C43c4ccccc4-n4c5ccccc5c5cccc3c54)c3cc4c(c5ccccc35)-c3ccccc3C4(c3ccccc3)c3ccccc3)cc2)cc1. The van der Waals surface area contributed by atoms with E-state index in [1.54, 1.807) is 0 Å². The van der Waals surface area contributed by atoms with Crippen molar-refractivity contribution in [1.29, 1.82) is 0 Å². The number of fused-ring (bicyclic) bond motifs is 17. The van der Waals surface area contributed by atoms with Crippen LogP contribution in [0.25, 0.3) is 82.8 Å². The third kappa shape index (κ3) is 5.92. The van der Waals surface area contributed by atoms with Gasteiger partial charge in [0.1, 0.15) is 0 Å². The van der Waals surface area contributed by atoms with Gasteiger partial charge in [0.25, 0.3) is 0 Å². The molecule has 372 valence electrons. The molecule has 14 aromatic rings. The Labute approximate surface area is 465 Å². The van der Waals surface area contributed by atoms with Crippen LogP contribution >= 0.6 is 0 Å². The predicted octanol–water partition coefficient (Wildman–Crippen LogP) is 19.8. The van der Waals surface area contributed by atoms with Crippen molar-refractivity contribution in [2.75, 3.05) is 4.90 Å². The van der Waals surface area contributed by atoms with Crippen LogP contribution < -0.4 is 4.90 Å². The Bertz CT molecular complexity index is 4780. The molecule has 0 radical (unpaired) electrons. The number of benzene rings is 13. The molecule has 2 nitrogen and oxygen atoms in total. The Morgan fingerprint density at radius 1 is 0.263 bits per heavy atom. The van der Waals surface area contributed by atoms with E-state index in [0.29, 0.717) is 0 Å². The van der Waals surface area contributed by atoms with Crippen LogP contribution in [-0.2, 0) is 10.8 Å². The largest absolute Gasteiger partial charge is 0.309 e. The first kappa shape index (κ1) is 44.8. The first-order chi connectivity index (χ1) is 39.7. The molecule has 0 saturated heterocycles. The van der Waals surface area contributed by atoms with E-state index >= 15 is 0 Å². The second kappa shape index (κ2) is 17.1. The molecule has 1 aliphatic heterocycles. The van der Waals surface area contributed by atoms with E-state index in [1.165, 1.54) is 116 Å². The van der Waals surface area contributed by atoms with Gasteiger partial charge in [-0.2, -0.15) is 0 Å². The molecule has 0 bridgehead atoms. The number of para-hydroxylation sites is 4. The molecule has 1 aromatic heterocycles. The van der Waals surface area contributed by atoms with E-state index in [2.05, 4.69) is 313 Å². The van der Waals surface area contributed by atoms with E-state index in [4.69, 9.17) is 0 Å². The minimum Gasteiger partial charge on any atom is -0.309 e. The highest BCUT2D eigenvalue weighted by atomic mass is 15.2. The second-order valence-corrected chi connectivity index (χ2v) is 21.8. The second-order valence-electron chi connectivity index (χ2n) is 21.8. The van der Waals surface area contributed by atoms with Crippen LogP contribution in [0, 0.1) is 0 Å². The van der Waals surface area contributed by atoms with E-state index < -0.39 is 10.8 Å². The summed E-state index contributed by atoms with van der Waals surface area (Å²) in [7, 11) is 0. The molecular weight excluding hydrogens is 965 g/mol. The minimum absolute atomic E-state index is 0.635. The van der Waals surface area contributed by atoms with Gasteiger partial charge < -0.3 is 9.47 Å². The molecule has 0 fully saturated rings. The monoisotopic (exact) mass is 1010 g/mol. The summed E-state index contributed by atoms with van der Waals surface area (Å²) in [6.07, 6.45) is 0. The Morgan fingerprint density at radius 3 is 1.49 bits per heavy atom. The molecule has 1 unspecified atom stereocenters. The van der Waals surface area contributed by atoms with Gasteiger partial charge in [0, 0.05) is 27.3 Å². The van der Waals surface area contributed by atoms with Crippen LogP contribution in [0.1, 0.15) is 44.5 Å². The van der Waals surface area contributed by atoms with Gasteiger partial charge in [-0.05, 0) is 114 Å². The highest BCUT2D eigenvalue weighted by Gasteiger charge is 2.52. The van der Waals surface area contributed by atoms with Crippen LogP contribution in [0.3, 0.4) is 0 Å². The standard InChI is InChI=1S/C78H50N2/c1-4-24-51(25-5-1)52-46-48-53(49-47-52)56-30-14-19-42-69(56)79(73-50-68-74(59-33-11-10-31-57(59)73)61-34-12-16-37-63(61)77(68,54-26-6-2-7-27-54)55-28-8-3-9-29-55)72-45-23-40-66-75(72)62-35-13-17-38-64(62)78(66)65-39-18-21-44-71(65)80-70-43-20-15-32-58(70)60-36-22-41-67(78)76(60)80/h1-50H. The highest BCUT2D eigenvalue weighted by Crippen LogP contribution is 2.65.